The van der Waals surface area contributed by atoms with Gasteiger partial charge in [0.1, 0.15) is 11.5 Å². The number of rotatable bonds is 2. The first kappa shape index (κ1) is 23.8. The van der Waals surface area contributed by atoms with E-state index in [2.05, 4.69) is 19.2 Å². The third kappa shape index (κ3) is 3.71. The summed E-state index contributed by atoms with van der Waals surface area (Å²) in [5.41, 5.74) is -0.873. The molecule has 0 bridgehead atoms. The molecule has 7 nitrogen and oxygen atoms in total. The number of ketones is 1. The molecule has 35 heavy (non-hydrogen) atoms. The first-order valence-corrected chi connectivity index (χ1v) is 12.5. The Labute approximate surface area is 205 Å². The van der Waals surface area contributed by atoms with Crippen molar-refractivity contribution in [3.63, 3.8) is 0 Å². The maximum atomic E-state index is 13.8. The molecule has 186 valence electrons. The van der Waals surface area contributed by atoms with Gasteiger partial charge in [0.15, 0.2) is 0 Å². The van der Waals surface area contributed by atoms with E-state index in [1.807, 2.05) is 31.2 Å². The number of amides is 1. The summed E-state index contributed by atoms with van der Waals surface area (Å²) in [6.45, 7) is 7.78. The lowest BCUT2D eigenvalue weighted by Crippen LogP contribution is -2.61. The maximum Gasteiger partial charge on any atom is 0.331 e. The highest BCUT2D eigenvalue weighted by Crippen LogP contribution is 2.63. The molecule has 0 aromatic heterocycles. The molecular weight excluding hydrogens is 446 g/mol. The second-order valence-electron chi connectivity index (χ2n) is 10.8. The van der Waals surface area contributed by atoms with E-state index in [-0.39, 0.29) is 47.3 Å². The van der Waals surface area contributed by atoms with Crippen molar-refractivity contribution in [2.45, 2.75) is 63.9 Å². The number of benzene rings is 1. The summed E-state index contributed by atoms with van der Waals surface area (Å²) in [5, 5.41) is 12.8. The molecule has 2 saturated heterocycles. The number of nitrogens with one attached hydrogen (secondary N) is 1. The average molecular weight is 480 g/mol. The fourth-order valence-corrected chi connectivity index (χ4v) is 6.53. The van der Waals surface area contributed by atoms with Gasteiger partial charge in [-0.2, -0.15) is 0 Å². The van der Waals surface area contributed by atoms with Crippen LogP contribution >= 0.6 is 0 Å². The lowest BCUT2D eigenvalue weighted by atomic mass is 9.59. The number of hydrogen-bond acceptors (Lipinski definition) is 6. The van der Waals surface area contributed by atoms with Gasteiger partial charge in [-0.25, -0.2) is 4.79 Å². The first-order valence-electron chi connectivity index (χ1n) is 12.5. The molecule has 4 aliphatic rings. The van der Waals surface area contributed by atoms with Crippen LogP contribution in [0.25, 0.3) is 0 Å². The summed E-state index contributed by atoms with van der Waals surface area (Å²) in [7, 11) is 0. The molecule has 1 spiro atoms. The summed E-state index contributed by atoms with van der Waals surface area (Å²) in [6.07, 6.45) is 7.55. The van der Waals surface area contributed by atoms with E-state index in [1.54, 1.807) is 25.1 Å². The van der Waals surface area contributed by atoms with E-state index >= 15 is 0 Å². The number of carbonyl (C=O) groups is 3. The monoisotopic (exact) mass is 479 g/mol. The standard InChI is InChI=1S/C28H33NO6/c1-15-6-5-7-20-25-27(4,35-25)17(3)23-21(14-18-9-11-19(30)12-10-18)29-26(33)28(20,23)34-22(31)13-8-16(2)24(15)32/h5,7-13,15-17,20-21,23,25,30H,6,14H2,1-4H3,(H,29,33). The molecule has 1 aromatic carbocycles. The van der Waals surface area contributed by atoms with Gasteiger partial charge < -0.3 is 19.9 Å². The second kappa shape index (κ2) is 8.33. The summed E-state index contributed by atoms with van der Waals surface area (Å²) in [5.74, 6) is -2.16. The van der Waals surface area contributed by atoms with Crippen LogP contribution in [0.2, 0.25) is 0 Å². The van der Waals surface area contributed by atoms with Gasteiger partial charge in [-0.3, -0.25) is 9.59 Å². The number of epoxide rings is 1. The van der Waals surface area contributed by atoms with Gasteiger partial charge in [0.2, 0.25) is 5.60 Å². The van der Waals surface area contributed by atoms with Crippen LogP contribution in [-0.4, -0.2) is 46.1 Å². The van der Waals surface area contributed by atoms with Crippen molar-refractivity contribution >= 4 is 17.7 Å². The second-order valence-corrected chi connectivity index (χ2v) is 10.8. The van der Waals surface area contributed by atoms with Crippen molar-refractivity contribution < 1.29 is 29.0 Å². The number of phenolic OH excluding ortho intramolecular Hbond substituents is 1. The Balaban J connectivity index is 1.58. The number of carbonyl (C=O) groups excluding carboxylic acids is 3. The van der Waals surface area contributed by atoms with Crippen LogP contribution in [-0.2, 0) is 30.3 Å². The van der Waals surface area contributed by atoms with Gasteiger partial charge in [-0.1, -0.05) is 51.1 Å². The van der Waals surface area contributed by atoms with Crippen molar-refractivity contribution in [2.75, 3.05) is 0 Å². The SMILES string of the molecule is CC1C=CC(=O)OC23C(=O)NC(Cc4ccc(O)cc4)C2C(C)C2(C)OC2C3C=CCC(C)C1=O. The number of allylic oxidation sites excluding steroid dienone is 2. The smallest absolute Gasteiger partial charge is 0.331 e. The summed E-state index contributed by atoms with van der Waals surface area (Å²) in [6, 6.07) is 6.66. The Hall–Kier alpha value is -2.93. The molecule has 9 atom stereocenters. The van der Waals surface area contributed by atoms with Crippen molar-refractivity contribution in [3.05, 3.63) is 54.1 Å². The number of fused-ring (bicyclic) bond motifs is 2. The first-order chi connectivity index (χ1) is 16.6. The highest BCUT2D eigenvalue weighted by atomic mass is 16.6. The summed E-state index contributed by atoms with van der Waals surface area (Å²) in [4.78, 5) is 39.5. The number of hydrogen-bond donors (Lipinski definition) is 2. The molecule has 1 amide bonds. The molecule has 5 rings (SSSR count). The molecule has 2 N–H and O–H groups in total. The quantitative estimate of drug-likeness (QED) is 0.384. The van der Waals surface area contributed by atoms with Crippen LogP contribution in [0.15, 0.2) is 48.6 Å². The molecule has 1 saturated carbocycles. The number of ether oxygens (including phenoxy) is 2. The third-order valence-corrected chi connectivity index (χ3v) is 8.70. The zero-order valence-electron chi connectivity index (χ0n) is 20.6. The van der Waals surface area contributed by atoms with E-state index in [0.717, 1.165) is 5.56 Å². The predicted molar refractivity (Wildman–Crippen MR) is 128 cm³/mol. The topological polar surface area (TPSA) is 105 Å². The zero-order chi connectivity index (χ0) is 25.1. The van der Waals surface area contributed by atoms with Crippen LogP contribution in [0.3, 0.4) is 0 Å². The van der Waals surface area contributed by atoms with E-state index in [1.165, 1.54) is 6.08 Å². The molecule has 3 heterocycles. The lowest BCUT2D eigenvalue weighted by molar-refractivity contribution is -0.177. The fraction of sp³-hybridized carbons (Fsp3) is 0.536. The maximum absolute atomic E-state index is 13.8. The van der Waals surface area contributed by atoms with Crippen molar-refractivity contribution in [1.29, 1.82) is 0 Å². The van der Waals surface area contributed by atoms with Gasteiger partial charge in [0.25, 0.3) is 5.91 Å². The predicted octanol–water partition coefficient (Wildman–Crippen LogP) is 3.11. The number of aromatic hydroxyl groups is 1. The molecular formula is C28H33NO6. The highest BCUT2D eigenvalue weighted by molar-refractivity contribution is 5.95. The molecule has 0 radical (unpaired) electrons. The Morgan fingerprint density at radius 2 is 1.80 bits per heavy atom. The van der Waals surface area contributed by atoms with Gasteiger partial charge in [-0.15, -0.1) is 0 Å². The Morgan fingerprint density at radius 1 is 1.09 bits per heavy atom. The molecule has 1 aromatic rings. The van der Waals surface area contributed by atoms with Crippen molar-refractivity contribution in [2.24, 2.45) is 29.6 Å². The Bertz CT molecular complexity index is 1110. The van der Waals surface area contributed by atoms with E-state index in [0.29, 0.717) is 12.8 Å². The normalized spacial score (nSPS) is 42.6. The minimum atomic E-state index is -1.41. The zero-order valence-corrected chi connectivity index (χ0v) is 20.6. The van der Waals surface area contributed by atoms with Gasteiger partial charge in [0.05, 0.1) is 17.6 Å². The van der Waals surface area contributed by atoms with Crippen molar-refractivity contribution in [3.8, 4) is 5.75 Å². The Morgan fingerprint density at radius 3 is 2.51 bits per heavy atom. The summed E-state index contributed by atoms with van der Waals surface area (Å²) >= 11 is 0. The number of phenols is 1. The van der Waals surface area contributed by atoms with E-state index < -0.39 is 29.0 Å². The van der Waals surface area contributed by atoms with Crippen molar-refractivity contribution in [1.82, 2.24) is 5.32 Å². The highest BCUT2D eigenvalue weighted by Gasteiger charge is 2.78. The lowest BCUT2D eigenvalue weighted by Gasteiger charge is -2.45. The third-order valence-electron chi connectivity index (χ3n) is 8.70. The number of Topliss-reactive ketones (excluding diaryl/α,β-unsaturated/α-hetero) is 1. The fourth-order valence-electron chi connectivity index (χ4n) is 6.53. The van der Waals surface area contributed by atoms with Crippen LogP contribution < -0.4 is 5.32 Å². The van der Waals surface area contributed by atoms with Crippen LogP contribution in [0.4, 0.5) is 0 Å². The van der Waals surface area contributed by atoms with Crippen LogP contribution in [0.1, 0.15) is 39.7 Å². The van der Waals surface area contributed by atoms with E-state index in [4.69, 9.17) is 9.47 Å². The van der Waals surface area contributed by atoms with Crippen LogP contribution in [0.5, 0.6) is 5.75 Å². The number of esters is 1. The molecule has 3 aliphatic heterocycles. The average Bonchev–Trinajstić information content (AvgIpc) is 3.44. The van der Waals surface area contributed by atoms with Crippen LogP contribution in [0, 0.1) is 29.6 Å². The minimum Gasteiger partial charge on any atom is -0.508 e. The largest absolute Gasteiger partial charge is 0.508 e. The molecule has 7 heteroatoms. The Kier molecular flexibility index (Phi) is 5.66. The van der Waals surface area contributed by atoms with Gasteiger partial charge in [-0.05, 0) is 43.4 Å². The van der Waals surface area contributed by atoms with Gasteiger partial charge >= 0.3 is 5.97 Å². The molecule has 9 unspecified atom stereocenters. The molecule has 1 aliphatic carbocycles. The molecule has 3 fully saturated rings. The van der Waals surface area contributed by atoms with E-state index in [9.17, 15) is 19.5 Å². The minimum absolute atomic E-state index is 0.0534. The summed E-state index contributed by atoms with van der Waals surface area (Å²) < 4.78 is 12.4. The van der Waals surface area contributed by atoms with Gasteiger partial charge in [0, 0.05) is 29.9 Å².